The number of hydrogen-bond donors (Lipinski definition) is 1. The Bertz CT molecular complexity index is 1170. The number of hydrogen-bond acceptors (Lipinski definition) is 6. The minimum Gasteiger partial charge on any atom is -0.348 e. The zero-order chi connectivity index (χ0) is 18.5. The quantitative estimate of drug-likeness (QED) is 0.484. The predicted molar refractivity (Wildman–Crippen MR) is 105 cm³/mol. The Morgan fingerprint density at radius 2 is 2.26 bits per heavy atom. The summed E-state index contributed by atoms with van der Waals surface area (Å²) in [4.78, 5) is 31.7. The summed E-state index contributed by atoms with van der Waals surface area (Å²) >= 11 is 6.01. The maximum atomic E-state index is 14.2. The topological polar surface area (TPSA) is 74.8 Å². The van der Waals surface area contributed by atoms with Gasteiger partial charge in [0.1, 0.15) is 31.9 Å². The first kappa shape index (κ1) is 17.0. The molecule has 0 unspecified atom stereocenters. The fourth-order valence-electron chi connectivity index (χ4n) is 3.30. The lowest BCUT2D eigenvalue weighted by atomic mass is 10.0. The van der Waals surface area contributed by atoms with Gasteiger partial charge in [-0.1, -0.05) is 6.07 Å². The lowest BCUT2D eigenvalue weighted by Gasteiger charge is -2.33. The van der Waals surface area contributed by atoms with Gasteiger partial charge in [-0.15, -0.1) is 22.7 Å². The number of benzene rings is 1. The molecule has 1 atom stereocenters. The van der Waals surface area contributed by atoms with Crippen LogP contribution in [0.4, 0.5) is 4.39 Å². The highest BCUT2D eigenvalue weighted by atomic mass is 79.9. The third-order valence-corrected chi connectivity index (χ3v) is 7.28. The summed E-state index contributed by atoms with van der Waals surface area (Å²) in [6, 6.07) is 4.43. The third-order valence-electron chi connectivity index (χ3n) is 4.52. The van der Waals surface area contributed by atoms with E-state index >= 15 is 0 Å². The van der Waals surface area contributed by atoms with Crippen molar-refractivity contribution in [3.63, 3.8) is 0 Å². The van der Waals surface area contributed by atoms with Gasteiger partial charge >= 0.3 is 0 Å². The summed E-state index contributed by atoms with van der Waals surface area (Å²) in [5.41, 5.74) is 3.69. The molecule has 6 nitrogen and oxygen atoms in total. The van der Waals surface area contributed by atoms with Crippen molar-refractivity contribution in [3.8, 4) is 0 Å². The van der Waals surface area contributed by atoms with Gasteiger partial charge in [-0.05, 0) is 28.1 Å². The third kappa shape index (κ3) is 2.70. The minimum atomic E-state index is -0.460. The molecule has 1 aromatic carbocycles. The molecule has 136 valence electrons. The molecule has 0 aliphatic carbocycles. The van der Waals surface area contributed by atoms with E-state index in [-0.39, 0.29) is 11.7 Å². The molecule has 1 aliphatic heterocycles. The summed E-state index contributed by atoms with van der Waals surface area (Å²) in [5.74, 6) is -0.501. The Balaban J connectivity index is 1.66. The van der Waals surface area contributed by atoms with Crippen LogP contribution in [0.15, 0.2) is 34.6 Å². The van der Waals surface area contributed by atoms with Crippen molar-refractivity contribution >= 4 is 54.7 Å². The predicted octanol–water partition coefficient (Wildman–Crippen LogP) is 4.17. The Kier molecular flexibility index (Phi) is 4.06. The van der Waals surface area contributed by atoms with E-state index in [1.807, 2.05) is 6.07 Å². The van der Waals surface area contributed by atoms with E-state index in [4.69, 9.17) is 0 Å². The van der Waals surface area contributed by atoms with Gasteiger partial charge in [0.15, 0.2) is 0 Å². The van der Waals surface area contributed by atoms with E-state index in [9.17, 15) is 9.18 Å². The normalized spacial score (nSPS) is 16.7. The molecular weight excluding hydrogens is 453 g/mol. The Labute approximate surface area is 169 Å². The van der Waals surface area contributed by atoms with Crippen LogP contribution < -0.4 is 0 Å². The maximum Gasteiger partial charge on any atom is 0.267 e. The van der Waals surface area contributed by atoms with Crippen LogP contribution in [0.2, 0.25) is 0 Å². The molecule has 0 fully saturated rings. The van der Waals surface area contributed by atoms with E-state index in [1.165, 1.54) is 28.7 Å². The number of carbonyl (C=O) groups excluding carboxylic acids is 1. The number of nitrogens with one attached hydrogen (secondary N) is 1. The first-order valence-corrected chi connectivity index (χ1v) is 10.6. The molecule has 0 radical (unpaired) electrons. The van der Waals surface area contributed by atoms with Gasteiger partial charge in [-0.3, -0.25) is 4.79 Å². The summed E-state index contributed by atoms with van der Waals surface area (Å²) < 4.78 is 15.4. The molecule has 1 aliphatic rings. The van der Waals surface area contributed by atoms with Gasteiger partial charge < -0.3 is 9.88 Å². The standard InChI is InChI=1S/C17H11BrFN5OS2/c18-15-14(26-7-22-15)17(25)24-5-4-9-12(21-6-20-9)13(24)16-23-11-8(19)2-1-3-10(11)27-16/h1-3,6-7,13H,4-5H2,(H,20,21)/t13-/m0/s1. The summed E-state index contributed by atoms with van der Waals surface area (Å²) in [6.07, 6.45) is 2.30. The van der Waals surface area contributed by atoms with E-state index in [1.54, 1.807) is 22.8 Å². The van der Waals surface area contributed by atoms with Crippen molar-refractivity contribution in [2.75, 3.05) is 6.54 Å². The minimum absolute atomic E-state index is 0.136. The van der Waals surface area contributed by atoms with Crippen molar-refractivity contribution in [1.29, 1.82) is 0 Å². The Morgan fingerprint density at radius 1 is 1.37 bits per heavy atom. The van der Waals surface area contributed by atoms with Crippen LogP contribution in [0.3, 0.4) is 0 Å². The molecule has 0 saturated heterocycles. The van der Waals surface area contributed by atoms with Gasteiger partial charge in [0.25, 0.3) is 5.91 Å². The largest absolute Gasteiger partial charge is 0.348 e. The number of aromatic nitrogens is 4. The van der Waals surface area contributed by atoms with Crippen molar-refractivity contribution in [1.82, 2.24) is 24.8 Å². The number of thiazole rings is 2. The van der Waals surface area contributed by atoms with Gasteiger partial charge in [0.05, 0.1) is 22.2 Å². The molecule has 10 heteroatoms. The summed E-state index contributed by atoms with van der Waals surface area (Å²) in [7, 11) is 0. The molecule has 4 aromatic rings. The fourth-order valence-corrected chi connectivity index (χ4v) is 5.71. The smallest absolute Gasteiger partial charge is 0.267 e. The van der Waals surface area contributed by atoms with Crippen LogP contribution >= 0.6 is 38.6 Å². The molecule has 27 heavy (non-hydrogen) atoms. The second-order valence-corrected chi connectivity index (χ2v) is 8.70. The SMILES string of the molecule is O=C(c1scnc1Br)N1CCc2[nH]cnc2[C@H]1c1nc2c(F)cccc2s1. The lowest BCUT2D eigenvalue weighted by Crippen LogP contribution is -2.40. The average Bonchev–Trinajstić information content (AvgIpc) is 3.39. The van der Waals surface area contributed by atoms with Crippen LogP contribution in [0.1, 0.15) is 32.1 Å². The molecule has 1 N–H and O–H groups in total. The zero-order valence-electron chi connectivity index (χ0n) is 13.6. The Hall–Kier alpha value is -2.17. The molecular formula is C17H11BrFN5OS2. The van der Waals surface area contributed by atoms with Crippen LogP contribution in [0.25, 0.3) is 10.2 Å². The monoisotopic (exact) mass is 463 g/mol. The number of aromatic amines is 1. The van der Waals surface area contributed by atoms with Crippen LogP contribution in [-0.4, -0.2) is 37.3 Å². The number of rotatable bonds is 2. The number of amides is 1. The number of nitrogens with zero attached hydrogens (tertiary/aromatic N) is 4. The van der Waals surface area contributed by atoms with Crippen molar-refractivity contribution in [2.24, 2.45) is 0 Å². The van der Waals surface area contributed by atoms with E-state index < -0.39 is 6.04 Å². The molecule has 0 bridgehead atoms. The highest BCUT2D eigenvalue weighted by molar-refractivity contribution is 9.10. The van der Waals surface area contributed by atoms with Crippen LogP contribution in [-0.2, 0) is 6.42 Å². The summed E-state index contributed by atoms with van der Waals surface area (Å²) in [5, 5.41) is 0.650. The fraction of sp³-hybridized carbons (Fsp3) is 0.176. The highest BCUT2D eigenvalue weighted by Gasteiger charge is 2.37. The van der Waals surface area contributed by atoms with E-state index in [0.29, 0.717) is 33.0 Å². The first-order chi connectivity index (χ1) is 13.1. The number of H-pyrrole nitrogens is 1. The average molecular weight is 464 g/mol. The van der Waals surface area contributed by atoms with Crippen molar-refractivity contribution < 1.29 is 9.18 Å². The molecule has 3 aromatic heterocycles. The van der Waals surface area contributed by atoms with Gasteiger partial charge in [0.2, 0.25) is 0 Å². The molecule has 0 saturated carbocycles. The molecule has 4 heterocycles. The Morgan fingerprint density at radius 3 is 3.04 bits per heavy atom. The van der Waals surface area contributed by atoms with Crippen LogP contribution in [0, 0.1) is 5.82 Å². The van der Waals surface area contributed by atoms with E-state index in [0.717, 1.165) is 16.1 Å². The molecule has 0 spiro atoms. The first-order valence-electron chi connectivity index (χ1n) is 8.10. The zero-order valence-corrected chi connectivity index (χ0v) is 16.9. The number of halogens is 2. The second-order valence-electron chi connectivity index (χ2n) is 6.03. The summed E-state index contributed by atoms with van der Waals surface area (Å²) in [6.45, 7) is 0.515. The van der Waals surface area contributed by atoms with Gasteiger partial charge in [-0.2, -0.15) is 0 Å². The number of para-hydroxylation sites is 1. The van der Waals surface area contributed by atoms with Gasteiger partial charge in [0, 0.05) is 18.7 Å². The highest BCUT2D eigenvalue weighted by Crippen LogP contribution is 2.39. The van der Waals surface area contributed by atoms with Crippen molar-refractivity contribution in [2.45, 2.75) is 12.5 Å². The maximum absolute atomic E-state index is 14.2. The molecule has 1 amide bonds. The van der Waals surface area contributed by atoms with Crippen molar-refractivity contribution in [3.05, 3.63) is 61.7 Å². The lowest BCUT2D eigenvalue weighted by molar-refractivity contribution is 0.0694. The number of fused-ring (bicyclic) bond motifs is 2. The van der Waals surface area contributed by atoms with Gasteiger partial charge in [-0.25, -0.2) is 19.3 Å². The second kappa shape index (κ2) is 6.47. The molecule has 5 rings (SSSR count). The van der Waals surface area contributed by atoms with E-state index in [2.05, 4.69) is 35.9 Å². The van der Waals surface area contributed by atoms with Crippen LogP contribution in [0.5, 0.6) is 0 Å². The number of carbonyl (C=O) groups is 1. The number of imidazole rings is 1.